The summed E-state index contributed by atoms with van der Waals surface area (Å²) in [5.74, 6) is 0.915. The van der Waals surface area contributed by atoms with Gasteiger partial charge in [0.15, 0.2) is 0 Å². The molecule has 3 rings (SSSR count). The molecule has 0 aromatic heterocycles. The van der Waals surface area contributed by atoms with Gasteiger partial charge in [0, 0.05) is 22.2 Å². The molecule has 2 unspecified atom stereocenters. The fourth-order valence-corrected chi connectivity index (χ4v) is 4.03. The van der Waals surface area contributed by atoms with Crippen LogP contribution in [0.5, 0.6) is 5.75 Å². The molecule has 0 saturated heterocycles. The molecule has 3 heteroatoms. The third kappa shape index (κ3) is 2.12. The average molecular weight is 285 g/mol. The maximum Gasteiger partial charge on any atom is 0.119 e. The summed E-state index contributed by atoms with van der Waals surface area (Å²) in [7, 11) is 0. The minimum absolute atomic E-state index is 0.236. The Kier molecular flexibility index (Phi) is 3.46. The van der Waals surface area contributed by atoms with Crippen molar-refractivity contribution in [2.45, 2.75) is 50.0 Å². The molecule has 1 aromatic rings. The summed E-state index contributed by atoms with van der Waals surface area (Å²) in [6, 6.07) is 7.64. The van der Waals surface area contributed by atoms with E-state index in [9.17, 15) is 0 Å². The Morgan fingerprint density at radius 2 is 1.72 bits per heavy atom. The fourth-order valence-electron chi connectivity index (χ4n) is 3.39. The molecule has 1 nitrogen and oxygen atoms in total. The molecule has 0 aliphatic heterocycles. The highest BCUT2D eigenvalue weighted by molar-refractivity contribution is 6.30. The smallest absolute Gasteiger partial charge is 0.119 e. The second-order valence-corrected chi connectivity index (χ2v) is 6.52. The topological polar surface area (TPSA) is 9.23 Å². The monoisotopic (exact) mass is 284 g/mol. The van der Waals surface area contributed by atoms with Crippen LogP contribution in [0, 0.1) is 5.41 Å². The maximum atomic E-state index is 6.47. The summed E-state index contributed by atoms with van der Waals surface area (Å²) in [4.78, 5) is 0. The number of hydrogen-bond donors (Lipinski definition) is 0. The van der Waals surface area contributed by atoms with Crippen molar-refractivity contribution in [1.82, 2.24) is 0 Å². The predicted octanol–water partition coefficient (Wildman–Crippen LogP) is 5.05. The van der Waals surface area contributed by atoms with Crippen molar-refractivity contribution in [2.75, 3.05) is 0 Å². The summed E-state index contributed by atoms with van der Waals surface area (Å²) < 4.78 is 6.13. The molecule has 2 fully saturated rings. The van der Waals surface area contributed by atoms with E-state index in [0.29, 0.717) is 11.5 Å². The Morgan fingerprint density at radius 3 is 2.33 bits per heavy atom. The van der Waals surface area contributed by atoms with E-state index >= 15 is 0 Å². The van der Waals surface area contributed by atoms with E-state index in [2.05, 4.69) is 0 Å². The standard InChI is InChI=1S/C15H18Cl2O/c16-11-4-6-12(7-5-11)18-14-10-13(17)15(14)8-2-1-3-9-15/h4-7,13-14H,1-3,8-10H2. The van der Waals surface area contributed by atoms with Crippen molar-refractivity contribution >= 4 is 23.2 Å². The molecule has 2 atom stereocenters. The van der Waals surface area contributed by atoms with Crippen molar-refractivity contribution in [3.05, 3.63) is 29.3 Å². The number of rotatable bonds is 2. The van der Waals surface area contributed by atoms with Crippen LogP contribution in [0.1, 0.15) is 38.5 Å². The van der Waals surface area contributed by atoms with Gasteiger partial charge in [-0.25, -0.2) is 0 Å². The molecule has 0 amide bonds. The van der Waals surface area contributed by atoms with E-state index in [0.717, 1.165) is 17.2 Å². The highest BCUT2D eigenvalue weighted by atomic mass is 35.5. The van der Waals surface area contributed by atoms with Crippen molar-refractivity contribution in [3.63, 3.8) is 0 Å². The van der Waals surface area contributed by atoms with Crippen LogP contribution in [0.4, 0.5) is 0 Å². The Balaban J connectivity index is 1.71. The maximum absolute atomic E-state index is 6.47. The van der Waals surface area contributed by atoms with Crippen molar-refractivity contribution in [1.29, 1.82) is 0 Å². The first-order chi connectivity index (χ1) is 8.71. The van der Waals surface area contributed by atoms with Gasteiger partial charge in [0.25, 0.3) is 0 Å². The molecule has 1 spiro atoms. The Labute approximate surface area is 118 Å². The highest BCUT2D eigenvalue weighted by Gasteiger charge is 2.55. The first kappa shape index (κ1) is 12.6. The van der Waals surface area contributed by atoms with Crippen LogP contribution >= 0.6 is 23.2 Å². The summed E-state index contributed by atoms with van der Waals surface area (Å²) in [6.07, 6.45) is 7.65. The average Bonchev–Trinajstić information content (AvgIpc) is 2.42. The van der Waals surface area contributed by atoms with E-state index in [1.54, 1.807) is 0 Å². The molecule has 0 bridgehead atoms. The largest absolute Gasteiger partial charge is 0.490 e. The molecule has 2 aliphatic carbocycles. The van der Waals surface area contributed by atoms with Gasteiger partial charge in [-0.2, -0.15) is 0 Å². The van der Waals surface area contributed by atoms with E-state index in [4.69, 9.17) is 27.9 Å². The van der Waals surface area contributed by atoms with Gasteiger partial charge < -0.3 is 4.74 Å². The molecule has 98 valence electrons. The summed E-state index contributed by atoms with van der Waals surface area (Å²) in [6.45, 7) is 0. The SMILES string of the molecule is Clc1ccc(OC2CC(Cl)C23CCCCC3)cc1. The summed E-state index contributed by atoms with van der Waals surface area (Å²) >= 11 is 12.4. The third-order valence-corrected chi connectivity index (χ3v) is 5.43. The first-order valence-electron chi connectivity index (χ1n) is 6.77. The van der Waals surface area contributed by atoms with E-state index in [1.165, 1.54) is 32.1 Å². The van der Waals surface area contributed by atoms with Gasteiger partial charge in [-0.3, -0.25) is 0 Å². The van der Waals surface area contributed by atoms with Crippen LogP contribution in [0.15, 0.2) is 24.3 Å². The third-order valence-electron chi connectivity index (χ3n) is 4.56. The lowest BCUT2D eigenvalue weighted by atomic mass is 9.58. The number of halogens is 2. The minimum atomic E-state index is 0.236. The molecule has 18 heavy (non-hydrogen) atoms. The van der Waals surface area contributed by atoms with E-state index in [1.807, 2.05) is 24.3 Å². The number of benzene rings is 1. The van der Waals surface area contributed by atoms with Gasteiger partial charge in [-0.05, 0) is 37.1 Å². The molecule has 1 aromatic carbocycles. The van der Waals surface area contributed by atoms with Gasteiger partial charge >= 0.3 is 0 Å². The van der Waals surface area contributed by atoms with E-state index in [-0.39, 0.29) is 5.41 Å². The normalized spacial score (nSPS) is 29.9. The molecule has 0 heterocycles. The molecular formula is C15H18Cl2O. The lowest BCUT2D eigenvalue weighted by molar-refractivity contribution is -0.0650. The molecule has 2 saturated carbocycles. The molecule has 0 N–H and O–H groups in total. The second kappa shape index (κ2) is 4.94. The number of alkyl halides is 1. The quantitative estimate of drug-likeness (QED) is 0.691. The first-order valence-corrected chi connectivity index (χ1v) is 7.58. The van der Waals surface area contributed by atoms with Crippen molar-refractivity contribution in [2.24, 2.45) is 5.41 Å². The highest BCUT2D eigenvalue weighted by Crippen LogP contribution is 2.55. The Morgan fingerprint density at radius 1 is 1.06 bits per heavy atom. The zero-order valence-corrected chi connectivity index (χ0v) is 11.9. The van der Waals surface area contributed by atoms with Gasteiger partial charge in [0.2, 0.25) is 0 Å². The van der Waals surface area contributed by atoms with Gasteiger partial charge in [-0.1, -0.05) is 30.9 Å². The minimum Gasteiger partial charge on any atom is -0.490 e. The summed E-state index contributed by atoms with van der Waals surface area (Å²) in [5, 5.41) is 1.05. The molecular weight excluding hydrogens is 267 g/mol. The zero-order chi connectivity index (χ0) is 12.6. The second-order valence-electron chi connectivity index (χ2n) is 5.56. The zero-order valence-electron chi connectivity index (χ0n) is 10.4. The Hall–Kier alpha value is -0.400. The van der Waals surface area contributed by atoms with Crippen LogP contribution in [0.2, 0.25) is 5.02 Å². The van der Waals surface area contributed by atoms with Crippen molar-refractivity contribution in [3.8, 4) is 5.75 Å². The van der Waals surface area contributed by atoms with Crippen LogP contribution < -0.4 is 4.74 Å². The van der Waals surface area contributed by atoms with Crippen molar-refractivity contribution < 1.29 is 4.74 Å². The predicted molar refractivity (Wildman–Crippen MR) is 75.6 cm³/mol. The van der Waals surface area contributed by atoms with E-state index < -0.39 is 0 Å². The fraction of sp³-hybridized carbons (Fsp3) is 0.600. The van der Waals surface area contributed by atoms with Gasteiger partial charge in [-0.15, -0.1) is 11.6 Å². The van der Waals surface area contributed by atoms with Crippen LogP contribution in [-0.2, 0) is 0 Å². The van der Waals surface area contributed by atoms with Crippen LogP contribution in [0.25, 0.3) is 0 Å². The van der Waals surface area contributed by atoms with Gasteiger partial charge in [0.1, 0.15) is 11.9 Å². The van der Waals surface area contributed by atoms with Crippen LogP contribution in [0.3, 0.4) is 0 Å². The summed E-state index contributed by atoms with van der Waals surface area (Å²) in [5.41, 5.74) is 0.236. The van der Waals surface area contributed by atoms with Crippen LogP contribution in [-0.4, -0.2) is 11.5 Å². The molecule has 2 aliphatic rings. The lowest BCUT2D eigenvalue weighted by Crippen LogP contribution is -2.58. The molecule has 0 radical (unpaired) electrons. The number of hydrogen-bond acceptors (Lipinski definition) is 1. The lowest BCUT2D eigenvalue weighted by Gasteiger charge is -2.55. The van der Waals surface area contributed by atoms with Gasteiger partial charge in [0.05, 0.1) is 0 Å². The number of ether oxygens (including phenoxy) is 1. The Bertz CT molecular complexity index is 409.